The molecule has 26 heavy (non-hydrogen) atoms. The number of benzene rings is 1. The van der Waals surface area contributed by atoms with E-state index in [0.29, 0.717) is 12.4 Å². The van der Waals surface area contributed by atoms with Gasteiger partial charge in [-0.3, -0.25) is 0 Å². The van der Waals surface area contributed by atoms with Crippen molar-refractivity contribution in [2.24, 2.45) is 0 Å². The second-order valence-corrected chi connectivity index (χ2v) is 7.60. The Morgan fingerprint density at radius 3 is 2.62 bits per heavy atom. The lowest BCUT2D eigenvalue weighted by atomic mass is 10.1. The maximum absolute atomic E-state index is 5.82. The van der Waals surface area contributed by atoms with Crippen LogP contribution in [0, 0.1) is 13.8 Å². The maximum atomic E-state index is 5.82. The van der Waals surface area contributed by atoms with E-state index in [1.165, 1.54) is 5.56 Å². The van der Waals surface area contributed by atoms with Crippen LogP contribution >= 0.6 is 11.8 Å². The minimum absolute atomic E-state index is 0.614. The van der Waals surface area contributed by atoms with Crippen molar-refractivity contribution in [3.05, 3.63) is 47.3 Å². The molecule has 1 aromatic carbocycles. The summed E-state index contributed by atoms with van der Waals surface area (Å²) < 4.78 is 7.60. The third kappa shape index (κ3) is 4.95. The highest BCUT2D eigenvalue weighted by Crippen LogP contribution is 2.17. The Morgan fingerprint density at radius 1 is 1.12 bits per heavy atom. The number of rotatable bonds is 8. The molecule has 7 heteroatoms. The molecule has 0 aliphatic heterocycles. The first-order valence-corrected chi connectivity index (χ1v) is 9.70. The van der Waals surface area contributed by atoms with E-state index in [4.69, 9.17) is 4.74 Å². The van der Waals surface area contributed by atoms with Gasteiger partial charge in [-0.2, -0.15) is 4.98 Å². The van der Waals surface area contributed by atoms with Crippen molar-refractivity contribution < 1.29 is 4.74 Å². The fourth-order valence-electron chi connectivity index (χ4n) is 2.61. The van der Waals surface area contributed by atoms with Gasteiger partial charge in [-0.1, -0.05) is 23.9 Å². The summed E-state index contributed by atoms with van der Waals surface area (Å²) in [6.45, 7) is 5.64. The Labute approximate surface area is 158 Å². The first-order chi connectivity index (χ1) is 12.5. The molecule has 138 valence electrons. The van der Waals surface area contributed by atoms with Crippen LogP contribution in [-0.2, 0) is 6.42 Å². The van der Waals surface area contributed by atoms with Gasteiger partial charge in [-0.15, -0.1) is 5.10 Å². The standard InChI is InChI=1S/C19H25N5OS/c1-14-13-15(2)24-18(20-14)21-19(22-24)26-12-11-25-17-7-5-16(6-8-17)9-10-23(3)4/h5-8,13H,9-12H2,1-4H3. The lowest BCUT2D eigenvalue weighted by molar-refractivity contribution is 0.343. The molecular formula is C19H25N5OS. The maximum Gasteiger partial charge on any atom is 0.253 e. The van der Waals surface area contributed by atoms with E-state index in [0.717, 1.165) is 41.0 Å². The van der Waals surface area contributed by atoms with Crippen LogP contribution in [0.1, 0.15) is 17.0 Å². The monoisotopic (exact) mass is 371 g/mol. The minimum Gasteiger partial charge on any atom is -0.493 e. The third-order valence-corrected chi connectivity index (χ3v) is 4.76. The first kappa shape index (κ1) is 18.7. The van der Waals surface area contributed by atoms with Gasteiger partial charge in [0.1, 0.15) is 5.75 Å². The summed E-state index contributed by atoms with van der Waals surface area (Å²) in [5.41, 5.74) is 3.32. The number of nitrogens with zero attached hydrogens (tertiary/aromatic N) is 5. The Kier molecular flexibility index (Phi) is 6.11. The highest BCUT2D eigenvalue weighted by molar-refractivity contribution is 7.99. The van der Waals surface area contributed by atoms with Crippen molar-refractivity contribution in [1.29, 1.82) is 0 Å². The number of fused-ring (bicyclic) bond motifs is 1. The Balaban J connectivity index is 1.47. The van der Waals surface area contributed by atoms with Crippen molar-refractivity contribution in [3.63, 3.8) is 0 Å². The van der Waals surface area contributed by atoms with Gasteiger partial charge in [0.25, 0.3) is 5.78 Å². The van der Waals surface area contributed by atoms with Crippen LogP contribution in [0.4, 0.5) is 0 Å². The summed E-state index contributed by atoms with van der Waals surface area (Å²) >= 11 is 1.58. The lowest BCUT2D eigenvalue weighted by Crippen LogP contribution is -2.14. The minimum atomic E-state index is 0.614. The molecule has 0 atom stereocenters. The van der Waals surface area contributed by atoms with Gasteiger partial charge < -0.3 is 9.64 Å². The second-order valence-electron chi connectivity index (χ2n) is 6.54. The molecule has 0 N–H and O–H groups in total. The van der Waals surface area contributed by atoms with Gasteiger partial charge in [0, 0.05) is 23.7 Å². The Bertz CT molecular complexity index is 860. The van der Waals surface area contributed by atoms with Crippen LogP contribution in [0.3, 0.4) is 0 Å². The molecule has 3 rings (SSSR count). The number of aromatic nitrogens is 4. The predicted molar refractivity (Wildman–Crippen MR) is 105 cm³/mol. The molecule has 0 radical (unpaired) electrons. The van der Waals surface area contributed by atoms with Gasteiger partial charge in [0.05, 0.1) is 6.61 Å². The molecular weight excluding hydrogens is 346 g/mol. The van der Waals surface area contributed by atoms with Gasteiger partial charge in [0.15, 0.2) is 0 Å². The fraction of sp³-hybridized carbons (Fsp3) is 0.421. The first-order valence-electron chi connectivity index (χ1n) is 8.71. The molecule has 2 heterocycles. The number of likely N-dealkylation sites (N-methyl/N-ethyl adjacent to an activating group) is 1. The molecule has 0 spiro atoms. The van der Waals surface area contributed by atoms with E-state index in [1.807, 2.05) is 32.0 Å². The lowest BCUT2D eigenvalue weighted by Gasteiger charge is -2.10. The zero-order valence-electron chi connectivity index (χ0n) is 15.8. The number of thioether (sulfide) groups is 1. The van der Waals surface area contributed by atoms with Crippen molar-refractivity contribution in [2.45, 2.75) is 25.4 Å². The molecule has 0 fully saturated rings. The molecule has 2 aromatic heterocycles. The van der Waals surface area contributed by atoms with Crippen LogP contribution in [0.25, 0.3) is 5.78 Å². The number of hydrogen-bond acceptors (Lipinski definition) is 6. The molecule has 0 unspecified atom stereocenters. The molecule has 6 nitrogen and oxygen atoms in total. The average Bonchev–Trinajstić information content (AvgIpc) is 3.01. The highest BCUT2D eigenvalue weighted by Gasteiger charge is 2.08. The predicted octanol–water partition coefficient (Wildman–Crippen LogP) is 3.02. The van der Waals surface area contributed by atoms with Crippen molar-refractivity contribution in [3.8, 4) is 5.75 Å². The topological polar surface area (TPSA) is 55.6 Å². The quantitative estimate of drug-likeness (QED) is 0.448. The summed E-state index contributed by atoms with van der Waals surface area (Å²) in [6.07, 6.45) is 1.05. The molecule has 0 aliphatic carbocycles. The average molecular weight is 372 g/mol. The van der Waals surface area contributed by atoms with Crippen molar-refractivity contribution in [1.82, 2.24) is 24.5 Å². The van der Waals surface area contributed by atoms with Crippen molar-refractivity contribution in [2.75, 3.05) is 33.0 Å². The summed E-state index contributed by atoms with van der Waals surface area (Å²) in [7, 11) is 4.18. The van der Waals surface area contributed by atoms with Crippen LogP contribution in [0.2, 0.25) is 0 Å². The van der Waals surface area contributed by atoms with E-state index >= 15 is 0 Å². The number of ether oxygens (including phenoxy) is 1. The molecule has 3 aromatic rings. The fourth-order valence-corrected chi connectivity index (χ4v) is 3.24. The van der Waals surface area contributed by atoms with Gasteiger partial charge in [-0.05, 0) is 58.1 Å². The summed E-state index contributed by atoms with van der Waals surface area (Å²) in [4.78, 5) is 11.1. The van der Waals surface area contributed by atoms with Gasteiger partial charge in [0.2, 0.25) is 5.16 Å². The normalized spacial score (nSPS) is 11.4. The molecule has 0 amide bonds. The molecule has 0 saturated heterocycles. The SMILES string of the molecule is Cc1cc(C)n2nc(SCCOc3ccc(CCN(C)C)cc3)nc2n1. The summed E-state index contributed by atoms with van der Waals surface area (Å²) in [5, 5.41) is 5.22. The molecule has 0 bridgehead atoms. The van der Waals surface area contributed by atoms with E-state index in [2.05, 4.69) is 46.2 Å². The Morgan fingerprint density at radius 2 is 1.88 bits per heavy atom. The second kappa shape index (κ2) is 8.51. The molecule has 0 saturated carbocycles. The highest BCUT2D eigenvalue weighted by atomic mass is 32.2. The van der Waals surface area contributed by atoms with E-state index in [9.17, 15) is 0 Å². The third-order valence-electron chi connectivity index (χ3n) is 3.95. The Hall–Kier alpha value is -2.12. The number of aryl methyl sites for hydroxylation is 2. The zero-order chi connectivity index (χ0) is 18.5. The largest absolute Gasteiger partial charge is 0.493 e. The van der Waals surface area contributed by atoms with Gasteiger partial charge >= 0.3 is 0 Å². The van der Waals surface area contributed by atoms with Crippen molar-refractivity contribution >= 4 is 17.5 Å². The van der Waals surface area contributed by atoms with Crippen LogP contribution < -0.4 is 4.74 Å². The number of hydrogen-bond donors (Lipinski definition) is 0. The van der Waals surface area contributed by atoms with Crippen LogP contribution in [0.5, 0.6) is 5.75 Å². The van der Waals surface area contributed by atoms with E-state index in [1.54, 1.807) is 16.3 Å². The van der Waals surface area contributed by atoms with Gasteiger partial charge in [-0.25, -0.2) is 9.50 Å². The smallest absolute Gasteiger partial charge is 0.253 e. The van der Waals surface area contributed by atoms with Crippen LogP contribution in [-0.4, -0.2) is 57.5 Å². The van der Waals surface area contributed by atoms with Crippen LogP contribution in [0.15, 0.2) is 35.5 Å². The summed E-state index contributed by atoms with van der Waals surface area (Å²) in [6, 6.07) is 10.3. The summed E-state index contributed by atoms with van der Waals surface area (Å²) in [5.74, 6) is 2.34. The van der Waals surface area contributed by atoms with E-state index < -0.39 is 0 Å². The molecule has 0 aliphatic rings. The van der Waals surface area contributed by atoms with E-state index in [-0.39, 0.29) is 0 Å². The zero-order valence-corrected chi connectivity index (χ0v) is 16.6.